The largest absolute Gasteiger partial charge is 0.514 e. The van der Waals surface area contributed by atoms with Gasteiger partial charge < -0.3 is 44.3 Å². The van der Waals surface area contributed by atoms with Gasteiger partial charge in [-0.2, -0.15) is 9.36 Å². The van der Waals surface area contributed by atoms with Crippen molar-refractivity contribution in [3.63, 3.8) is 0 Å². The number of fused-ring (bicyclic) bond motifs is 2. The molecule has 0 aliphatic carbocycles. The fourth-order valence-corrected chi connectivity index (χ4v) is 7.82. The predicted octanol–water partition coefficient (Wildman–Crippen LogP) is 7.87. The zero-order valence-electron chi connectivity index (χ0n) is 40.3. The Balaban J connectivity index is 0.000000214. The number of alkyl halides is 2. The molecule has 0 saturated carbocycles. The SMILES string of the molecule is C.CCN(CC)CC.CC[C@H]1O[C@@H](n2nnc3c(NC(=O)c4ccccc4)ncnc32)[C@@H](F)[C@@H]1OC(=O)O.CC[C@H]1O[C@@H](n2nnc3c(NC(=O)c4ccccc4)ncnc32)[C@@H](F)[C@@H]1OC(=O)Oc1ccccc1. The zero-order chi connectivity index (χ0) is 52.0. The lowest BCUT2D eigenvalue weighted by molar-refractivity contribution is -0.0354. The van der Waals surface area contributed by atoms with Crippen LogP contribution in [-0.4, -0.2) is 140 Å². The highest BCUT2D eigenvalue weighted by Crippen LogP contribution is 2.38. The summed E-state index contributed by atoms with van der Waals surface area (Å²) in [6.45, 7) is 13.6. The van der Waals surface area contributed by atoms with Gasteiger partial charge in [0.1, 0.15) is 30.6 Å². The minimum Gasteiger partial charge on any atom is -0.450 e. The van der Waals surface area contributed by atoms with Crippen LogP contribution in [0.15, 0.2) is 104 Å². The number of amides is 2. The van der Waals surface area contributed by atoms with Crippen molar-refractivity contribution < 1.29 is 56.7 Å². The van der Waals surface area contributed by atoms with Crippen LogP contribution < -0.4 is 15.4 Å². The molecule has 9 rings (SSSR count). The zero-order valence-corrected chi connectivity index (χ0v) is 40.3. The van der Waals surface area contributed by atoms with Crippen LogP contribution >= 0.6 is 0 Å². The maximum Gasteiger partial charge on any atom is 0.514 e. The van der Waals surface area contributed by atoms with E-state index < -0.39 is 73.3 Å². The fraction of sp³-hybridized carbons (Fsp3) is 0.388. The Bertz CT molecular complexity index is 2930. The summed E-state index contributed by atoms with van der Waals surface area (Å²) in [6.07, 6.45) is -9.87. The first kappa shape index (κ1) is 55.2. The Labute approximate surface area is 423 Å². The van der Waals surface area contributed by atoms with Crippen molar-refractivity contribution >= 4 is 58.1 Å². The van der Waals surface area contributed by atoms with E-state index in [1.165, 1.54) is 32.3 Å². The van der Waals surface area contributed by atoms with Crippen molar-refractivity contribution in [2.24, 2.45) is 0 Å². The smallest absolute Gasteiger partial charge is 0.450 e. The molecular weight excluding hydrogens is 969 g/mol. The molecule has 0 radical (unpaired) electrons. The number of hydrogen-bond donors (Lipinski definition) is 3. The Hall–Kier alpha value is -8.16. The Morgan fingerprint density at radius 1 is 0.622 bits per heavy atom. The molecule has 3 N–H and O–H groups in total. The van der Waals surface area contributed by atoms with Gasteiger partial charge in [-0.25, -0.2) is 38.3 Å². The van der Waals surface area contributed by atoms with Gasteiger partial charge in [0.2, 0.25) is 0 Å². The molecule has 2 aliphatic rings. The topological polar surface area (TPSA) is 275 Å². The van der Waals surface area contributed by atoms with Gasteiger partial charge in [-0.1, -0.05) is 107 Å². The van der Waals surface area contributed by atoms with E-state index in [0.717, 1.165) is 9.36 Å². The minimum atomic E-state index is -1.83. The molecule has 8 atom stereocenters. The summed E-state index contributed by atoms with van der Waals surface area (Å²) in [5.41, 5.74) is 1.38. The molecule has 6 heterocycles. The van der Waals surface area contributed by atoms with Gasteiger partial charge in [0.05, 0.1) is 0 Å². The summed E-state index contributed by atoms with van der Waals surface area (Å²) in [5.74, 6) is -0.335. The van der Waals surface area contributed by atoms with Crippen molar-refractivity contribution in [1.29, 1.82) is 0 Å². The molecule has 0 bridgehead atoms. The molecule has 4 aromatic heterocycles. The Kier molecular flexibility index (Phi) is 19.4. The molecule has 25 heteroatoms. The number of halogens is 2. The number of rotatable bonds is 14. The van der Waals surface area contributed by atoms with Gasteiger partial charge in [-0.05, 0) is 68.9 Å². The first-order valence-corrected chi connectivity index (χ1v) is 23.4. The van der Waals surface area contributed by atoms with Crippen LogP contribution in [0.4, 0.5) is 30.0 Å². The molecule has 7 aromatic rings. The van der Waals surface area contributed by atoms with Crippen LogP contribution in [0.3, 0.4) is 0 Å². The van der Waals surface area contributed by atoms with E-state index >= 15 is 4.39 Å². The summed E-state index contributed by atoms with van der Waals surface area (Å²) in [6, 6.07) is 25.4. The van der Waals surface area contributed by atoms with Crippen LogP contribution in [0.1, 0.15) is 88.1 Å². The second kappa shape index (κ2) is 26.0. The summed E-state index contributed by atoms with van der Waals surface area (Å²) < 4.78 is 59.3. The van der Waals surface area contributed by atoms with Crippen LogP contribution in [0, 0.1) is 0 Å². The summed E-state index contributed by atoms with van der Waals surface area (Å²) in [7, 11) is 0. The highest BCUT2D eigenvalue weighted by molar-refractivity contribution is 6.07. The average molecular weight is 1030 g/mol. The van der Waals surface area contributed by atoms with Gasteiger partial charge in [0.25, 0.3) is 11.8 Å². The van der Waals surface area contributed by atoms with E-state index in [1.54, 1.807) is 105 Å². The van der Waals surface area contributed by atoms with Gasteiger partial charge in [0.15, 0.2) is 71.0 Å². The van der Waals surface area contributed by atoms with E-state index in [-0.39, 0.29) is 47.1 Å². The molecule has 74 heavy (non-hydrogen) atoms. The third-order valence-corrected chi connectivity index (χ3v) is 11.6. The second-order valence-electron chi connectivity index (χ2n) is 16.0. The third kappa shape index (κ3) is 12.9. The molecule has 3 aromatic carbocycles. The summed E-state index contributed by atoms with van der Waals surface area (Å²) >= 11 is 0. The second-order valence-corrected chi connectivity index (χ2v) is 16.0. The van der Waals surface area contributed by atoms with Crippen LogP contribution in [0.5, 0.6) is 5.75 Å². The van der Waals surface area contributed by atoms with E-state index in [2.05, 4.69) is 81.6 Å². The number of nitrogens with one attached hydrogen (secondary N) is 2. The molecule has 392 valence electrons. The number of hydrogen-bond acceptors (Lipinski definition) is 18. The molecule has 23 nitrogen and oxygen atoms in total. The Morgan fingerprint density at radius 2 is 1.03 bits per heavy atom. The van der Waals surface area contributed by atoms with Gasteiger partial charge in [-0.3, -0.25) is 9.59 Å². The number of benzene rings is 3. The molecular formula is C49H57F2N13O10. The van der Waals surface area contributed by atoms with E-state index in [4.69, 9.17) is 24.1 Å². The summed E-state index contributed by atoms with van der Waals surface area (Å²) in [4.78, 5) is 66.8. The van der Waals surface area contributed by atoms with Crippen molar-refractivity contribution in [1.82, 2.24) is 54.8 Å². The first-order chi connectivity index (χ1) is 35.4. The number of carbonyl (C=O) groups excluding carboxylic acids is 3. The van der Waals surface area contributed by atoms with E-state index in [1.807, 2.05) is 0 Å². The highest BCUT2D eigenvalue weighted by atomic mass is 19.1. The van der Waals surface area contributed by atoms with Crippen molar-refractivity contribution in [2.45, 2.75) is 104 Å². The standard InChI is InChI=1S/C24H21FN6O5.C18H17FN6O5.C6H15N.CH4/c1-2-16-19(36-24(33)34-15-11-7-4-8-12-15)17(25)23(35-16)31-21-18(29-30-31)20(26-13-27-21)28-22(32)14-9-5-3-6-10-14;1-2-10-13(30-18(27)28)11(19)17(29-10)25-15-12(23-24-25)14(20-8-21-15)22-16(26)9-6-4-3-5-7-9;1-4-7(5-2)6-3;/h3-13,16-17,19,23H,2H2,1H3,(H,26,27,28,32);3-8,10-11,13,17H,2H2,1H3,(H,27,28)(H,20,21,22,26);4-6H2,1-3H3;1H4/t16-,17+,19-,23-;10-,11+,13-,17-;;/m11../s1. The maximum absolute atomic E-state index is 15.6. The number of anilines is 2. The average Bonchev–Trinajstić information content (AvgIpc) is 4.19. The quantitative estimate of drug-likeness (QED) is 0.0690. The van der Waals surface area contributed by atoms with Crippen molar-refractivity contribution in [3.8, 4) is 5.75 Å². The number of ether oxygens (including phenoxy) is 5. The van der Waals surface area contributed by atoms with Crippen molar-refractivity contribution in [2.75, 3.05) is 30.3 Å². The number of carbonyl (C=O) groups is 4. The van der Waals surface area contributed by atoms with Gasteiger partial charge >= 0.3 is 12.3 Å². The lowest BCUT2D eigenvalue weighted by Crippen LogP contribution is -2.34. The van der Waals surface area contributed by atoms with Crippen LogP contribution in [0.25, 0.3) is 22.3 Å². The lowest BCUT2D eigenvalue weighted by Gasteiger charge is -2.18. The van der Waals surface area contributed by atoms with Crippen molar-refractivity contribution in [3.05, 3.63) is 115 Å². The number of carboxylic acid groups (broad SMARTS) is 1. The monoisotopic (exact) mass is 1030 g/mol. The minimum absolute atomic E-state index is 0. The normalized spacial score (nSPS) is 20.8. The molecule has 0 unspecified atom stereocenters. The van der Waals surface area contributed by atoms with Crippen LogP contribution in [-0.2, 0) is 18.9 Å². The fourth-order valence-electron chi connectivity index (χ4n) is 7.82. The predicted molar refractivity (Wildman–Crippen MR) is 264 cm³/mol. The molecule has 2 amide bonds. The van der Waals surface area contributed by atoms with E-state index in [0.29, 0.717) is 24.0 Å². The first-order valence-electron chi connectivity index (χ1n) is 23.4. The van der Waals surface area contributed by atoms with Gasteiger partial charge in [-0.15, -0.1) is 10.2 Å². The molecule has 2 fully saturated rings. The molecule has 2 aliphatic heterocycles. The summed E-state index contributed by atoms with van der Waals surface area (Å²) in [5, 5.41) is 30.0. The number of para-hydroxylation sites is 1. The molecule has 2 saturated heterocycles. The number of aromatic nitrogens is 10. The highest BCUT2D eigenvalue weighted by Gasteiger charge is 2.50. The van der Waals surface area contributed by atoms with E-state index in [9.17, 15) is 23.6 Å². The molecule has 0 spiro atoms. The van der Waals surface area contributed by atoms with Gasteiger partial charge in [0, 0.05) is 11.1 Å². The van der Waals surface area contributed by atoms with Crippen LogP contribution in [0.2, 0.25) is 0 Å². The third-order valence-electron chi connectivity index (χ3n) is 11.6. The number of nitrogens with zero attached hydrogens (tertiary/aromatic N) is 11. The maximum atomic E-state index is 15.6. The lowest BCUT2D eigenvalue weighted by atomic mass is 10.1. The Morgan fingerprint density at radius 3 is 1.41 bits per heavy atom.